The maximum Gasteiger partial charge on any atom is 0.123 e. The third kappa shape index (κ3) is 2.19. The predicted octanol–water partition coefficient (Wildman–Crippen LogP) is 3.43. The summed E-state index contributed by atoms with van der Waals surface area (Å²) in [4.78, 5) is 0. The Bertz CT molecular complexity index is 235. The fraction of sp³-hybridized carbons (Fsp3) is 0.333. The molecule has 60 valence electrons. The maximum atomic E-state index is 12.7. The van der Waals surface area contributed by atoms with Gasteiger partial charge in [-0.2, -0.15) is 0 Å². The average Bonchev–Trinajstić information content (AvgIpc) is 1.85. The lowest BCUT2D eigenvalue weighted by Gasteiger charge is -2.03. The van der Waals surface area contributed by atoms with E-state index >= 15 is 0 Å². The number of benzene rings is 1. The normalized spacial score (nSPS) is 13.1. The Morgan fingerprint density at radius 2 is 2.00 bits per heavy atom. The highest BCUT2D eigenvalue weighted by atomic mass is 35.5. The molecule has 0 fully saturated rings. The van der Waals surface area contributed by atoms with E-state index < -0.39 is 0 Å². The Balaban J connectivity index is 3.08. The molecule has 1 aromatic carbocycles. The molecule has 1 rings (SSSR count). The van der Waals surface area contributed by atoms with Gasteiger partial charge in [0.1, 0.15) is 5.82 Å². The minimum absolute atomic E-state index is 0.121. The lowest BCUT2D eigenvalue weighted by atomic mass is 10.1. The van der Waals surface area contributed by atoms with Crippen molar-refractivity contribution in [3.63, 3.8) is 0 Å². The van der Waals surface area contributed by atoms with Crippen molar-refractivity contribution in [2.45, 2.75) is 19.2 Å². The highest BCUT2D eigenvalue weighted by Gasteiger charge is 2.02. The maximum absolute atomic E-state index is 12.7. The summed E-state index contributed by atoms with van der Waals surface area (Å²) < 4.78 is 12.7. The molecule has 0 aromatic heterocycles. The van der Waals surface area contributed by atoms with E-state index in [4.69, 9.17) is 11.6 Å². The van der Waals surface area contributed by atoms with Gasteiger partial charge in [0, 0.05) is 0 Å². The summed E-state index contributed by atoms with van der Waals surface area (Å²) in [5, 5.41) is -0.121. The molecule has 0 nitrogen and oxygen atoms in total. The van der Waals surface area contributed by atoms with Crippen LogP contribution in [0.1, 0.15) is 23.4 Å². The quantitative estimate of drug-likeness (QED) is 0.570. The SMILES string of the molecule is Cc1cc(F)cc(C(C)Cl)c1. The van der Waals surface area contributed by atoms with E-state index in [9.17, 15) is 4.39 Å². The third-order valence-corrected chi connectivity index (χ3v) is 1.78. The lowest BCUT2D eigenvalue weighted by Crippen LogP contribution is -1.87. The van der Waals surface area contributed by atoms with E-state index in [0.717, 1.165) is 11.1 Å². The fourth-order valence-electron chi connectivity index (χ4n) is 0.994. The van der Waals surface area contributed by atoms with Crippen LogP contribution in [0.4, 0.5) is 4.39 Å². The summed E-state index contributed by atoms with van der Waals surface area (Å²) in [5.74, 6) is -0.215. The Morgan fingerprint density at radius 1 is 1.36 bits per heavy atom. The first-order valence-electron chi connectivity index (χ1n) is 3.51. The van der Waals surface area contributed by atoms with Gasteiger partial charge in [0.25, 0.3) is 0 Å². The lowest BCUT2D eigenvalue weighted by molar-refractivity contribution is 0.624. The molecular weight excluding hydrogens is 163 g/mol. The van der Waals surface area contributed by atoms with Crippen molar-refractivity contribution < 1.29 is 4.39 Å². The van der Waals surface area contributed by atoms with E-state index in [1.165, 1.54) is 12.1 Å². The van der Waals surface area contributed by atoms with Gasteiger partial charge in [-0.25, -0.2) is 4.39 Å². The molecule has 0 spiro atoms. The Labute approximate surface area is 71.0 Å². The minimum Gasteiger partial charge on any atom is -0.207 e. The van der Waals surface area contributed by atoms with E-state index in [-0.39, 0.29) is 11.2 Å². The predicted molar refractivity (Wildman–Crippen MR) is 45.4 cm³/mol. The molecule has 0 aliphatic heterocycles. The Hall–Kier alpha value is -0.560. The van der Waals surface area contributed by atoms with Crippen LogP contribution in [0.3, 0.4) is 0 Å². The third-order valence-electron chi connectivity index (χ3n) is 1.52. The molecular formula is C9H10ClF. The zero-order chi connectivity index (χ0) is 8.43. The van der Waals surface area contributed by atoms with Crippen molar-refractivity contribution in [2.24, 2.45) is 0 Å². The second kappa shape index (κ2) is 3.22. The van der Waals surface area contributed by atoms with Crippen molar-refractivity contribution in [3.8, 4) is 0 Å². The van der Waals surface area contributed by atoms with Crippen LogP contribution >= 0.6 is 11.6 Å². The first-order valence-corrected chi connectivity index (χ1v) is 3.94. The van der Waals surface area contributed by atoms with Crippen LogP contribution in [0.15, 0.2) is 18.2 Å². The molecule has 0 amide bonds. The number of alkyl halides is 1. The zero-order valence-corrected chi connectivity index (χ0v) is 7.32. The van der Waals surface area contributed by atoms with Crippen LogP contribution in [0.2, 0.25) is 0 Å². The summed E-state index contributed by atoms with van der Waals surface area (Å²) in [5.41, 5.74) is 1.75. The van der Waals surface area contributed by atoms with Gasteiger partial charge in [-0.1, -0.05) is 6.07 Å². The summed E-state index contributed by atoms with van der Waals surface area (Å²) in [6.45, 7) is 3.68. The van der Waals surface area contributed by atoms with Crippen LogP contribution in [0.5, 0.6) is 0 Å². The first-order chi connectivity index (χ1) is 5.09. The van der Waals surface area contributed by atoms with Gasteiger partial charge in [-0.15, -0.1) is 11.6 Å². The zero-order valence-electron chi connectivity index (χ0n) is 6.57. The van der Waals surface area contributed by atoms with Crippen LogP contribution in [-0.2, 0) is 0 Å². The summed E-state index contributed by atoms with van der Waals surface area (Å²) in [6.07, 6.45) is 0. The topological polar surface area (TPSA) is 0 Å². The Kier molecular flexibility index (Phi) is 2.50. The van der Waals surface area contributed by atoms with E-state index in [1.807, 2.05) is 19.9 Å². The first kappa shape index (κ1) is 8.54. The van der Waals surface area contributed by atoms with Gasteiger partial charge in [-0.3, -0.25) is 0 Å². The van der Waals surface area contributed by atoms with Crippen molar-refractivity contribution >= 4 is 11.6 Å². The van der Waals surface area contributed by atoms with E-state index in [2.05, 4.69) is 0 Å². The molecule has 11 heavy (non-hydrogen) atoms. The van der Waals surface area contributed by atoms with Crippen LogP contribution in [-0.4, -0.2) is 0 Å². The summed E-state index contributed by atoms with van der Waals surface area (Å²) in [6, 6.07) is 4.84. The molecule has 0 heterocycles. The number of hydrogen-bond donors (Lipinski definition) is 0. The highest BCUT2D eigenvalue weighted by Crippen LogP contribution is 2.21. The van der Waals surface area contributed by atoms with E-state index in [0.29, 0.717) is 0 Å². The van der Waals surface area contributed by atoms with Gasteiger partial charge in [0.05, 0.1) is 5.38 Å². The minimum atomic E-state index is -0.215. The molecule has 0 aliphatic rings. The fourth-order valence-corrected chi connectivity index (χ4v) is 1.12. The van der Waals surface area contributed by atoms with Gasteiger partial charge >= 0.3 is 0 Å². The molecule has 1 unspecified atom stereocenters. The number of rotatable bonds is 1. The largest absolute Gasteiger partial charge is 0.207 e. The second-order valence-electron chi connectivity index (χ2n) is 2.68. The molecule has 0 radical (unpaired) electrons. The van der Waals surface area contributed by atoms with Gasteiger partial charge < -0.3 is 0 Å². The number of halogens is 2. The molecule has 0 saturated heterocycles. The standard InChI is InChI=1S/C9H10ClF/c1-6-3-8(7(2)10)5-9(11)4-6/h3-5,7H,1-2H3. The molecule has 0 bridgehead atoms. The molecule has 1 atom stereocenters. The monoisotopic (exact) mass is 172 g/mol. The van der Waals surface area contributed by atoms with Gasteiger partial charge in [0.15, 0.2) is 0 Å². The molecule has 1 aromatic rings. The van der Waals surface area contributed by atoms with Crippen LogP contribution in [0, 0.1) is 12.7 Å². The summed E-state index contributed by atoms with van der Waals surface area (Å²) in [7, 11) is 0. The van der Waals surface area contributed by atoms with Crippen molar-refractivity contribution in [1.82, 2.24) is 0 Å². The number of hydrogen-bond acceptors (Lipinski definition) is 0. The van der Waals surface area contributed by atoms with E-state index in [1.54, 1.807) is 0 Å². The molecule has 0 saturated carbocycles. The smallest absolute Gasteiger partial charge is 0.123 e. The van der Waals surface area contributed by atoms with Crippen molar-refractivity contribution in [3.05, 3.63) is 35.1 Å². The summed E-state index contributed by atoms with van der Waals surface area (Å²) >= 11 is 5.78. The highest BCUT2D eigenvalue weighted by molar-refractivity contribution is 6.20. The van der Waals surface area contributed by atoms with Crippen LogP contribution < -0.4 is 0 Å². The van der Waals surface area contributed by atoms with Crippen LogP contribution in [0.25, 0.3) is 0 Å². The second-order valence-corrected chi connectivity index (χ2v) is 3.33. The van der Waals surface area contributed by atoms with Crippen molar-refractivity contribution in [1.29, 1.82) is 0 Å². The molecule has 2 heteroatoms. The number of aryl methyl sites for hydroxylation is 1. The van der Waals surface area contributed by atoms with Gasteiger partial charge in [0.2, 0.25) is 0 Å². The average molecular weight is 173 g/mol. The Morgan fingerprint density at radius 3 is 2.45 bits per heavy atom. The van der Waals surface area contributed by atoms with Crippen molar-refractivity contribution in [2.75, 3.05) is 0 Å². The van der Waals surface area contributed by atoms with Gasteiger partial charge in [-0.05, 0) is 37.1 Å². The molecule has 0 aliphatic carbocycles. The molecule has 0 N–H and O–H groups in total.